The number of likely N-dealkylation sites (N-methyl/N-ethyl adjacent to an activating group) is 1. The molecule has 2 N–H and O–H groups in total. The summed E-state index contributed by atoms with van der Waals surface area (Å²) in [5.41, 5.74) is 2.25. The Morgan fingerprint density at radius 2 is 1.65 bits per heavy atom. The van der Waals surface area contributed by atoms with E-state index in [9.17, 15) is 4.79 Å². The Balaban J connectivity index is 1.89. The molecule has 2 aromatic carbocycles. The zero-order valence-corrected chi connectivity index (χ0v) is 15.9. The molecule has 2 aromatic rings. The summed E-state index contributed by atoms with van der Waals surface area (Å²) >= 11 is 0. The number of nitrogens with zero attached hydrogens (tertiary/aromatic N) is 1. The van der Waals surface area contributed by atoms with Crippen LogP contribution in [0.4, 0.5) is 4.79 Å². The summed E-state index contributed by atoms with van der Waals surface area (Å²) in [7, 11) is 1.64. The van der Waals surface area contributed by atoms with Crippen molar-refractivity contribution in [3.63, 3.8) is 0 Å². The predicted molar refractivity (Wildman–Crippen MR) is 105 cm³/mol. The molecule has 0 bridgehead atoms. The third-order valence-electron chi connectivity index (χ3n) is 4.51. The van der Waals surface area contributed by atoms with E-state index in [1.807, 2.05) is 42.5 Å². The molecule has 0 radical (unpaired) electrons. The molecule has 0 spiro atoms. The van der Waals surface area contributed by atoms with Crippen molar-refractivity contribution in [3.8, 4) is 5.75 Å². The topological polar surface area (TPSA) is 53.6 Å². The fourth-order valence-corrected chi connectivity index (χ4v) is 2.97. The average Bonchev–Trinajstić information content (AvgIpc) is 2.70. The van der Waals surface area contributed by atoms with Gasteiger partial charge in [-0.05, 0) is 36.3 Å². The highest BCUT2D eigenvalue weighted by molar-refractivity contribution is 5.73. The Hall–Kier alpha value is -2.53. The van der Waals surface area contributed by atoms with Crippen molar-refractivity contribution in [2.45, 2.75) is 26.4 Å². The first-order valence-corrected chi connectivity index (χ1v) is 9.11. The van der Waals surface area contributed by atoms with Gasteiger partial charge in [0.2, 0.25) is 0 Å². The van der Waals surface area contributed by atoms with Crippen molar-refractivity contribution < 1.29 is 9.53 Å². The highest BCUT2D eigenvalue weighted by Crippen LogP contribution is 2.19. The molecule has 140 valence electrons. The fourth-order valence-electron chi connectivity index (χ4n) is 2.97. The van der Waals surface area contributed by atoms with E-state index < -0.39 is 0 Å². The van der Waals surface area contributed by atoms with Crippen LogP contribution in [-0.2, 0) is 6.54 Å². The third-order valence-corrected chi connectivity index (χ3v) is 4.51. The Labute approximate surface area is 156 Å². The lowest BCUT2D eigenvalue weighted by Gasteiger charge is -2.30. The van der Waals surface area contributed by atoms with Crippen LogP contribution in [0, 0.1) is 0 Å². The zero-order valence-electron chi connectivity index (χ0n) is 15.9. The summed E-state index contributed by atoms with van der Waals surface area (Å²) in [5.74, 6) is 0.808. The van der Waals surface area contributed by atoms with E-state index in [4.69, 9.17) is 4.74 Å². The first-order valence-electron chi connectivity index (χ1n) is 9.11. The average molecular weight is 355 g/mol. The Morgan fingerprint density at radius 3 is 2.23 bits per heavy atom. The van der Waals surface area contributed by atoms with Crippen molar-refractivity contribution in [3.05, 3.63) is 65.7 Å². The van der Waals surface area contributed by atoms with Gasteiger partial charge in [-0.15, -0.1) is 0 Å². The van der Waals surface area contributed by atoms with Crippen molar-refractivity contribution in [1.29, 1.82) is 0 Å². The SMILES string of the molecule is CCN(CC)C(CNC(=O)NCc1ccc(OC)cc1)c1ccccc1. The quantitative estimate of drug-likeness (QED) is 0.723. The smallest absolute Gasteiger partial charge is 0.315 e. The number of carbonyl (C=O) groups is 1. The second-order valence-electron chi connectivity index (χ2n) is 6.06. The van der Waals surface area contributed by atoms with E-state index in [1.54, 1.807) is 7.11 Å². The maximum atomic E-state index is 12.2. The van der Waals surface area contributed by atoms with Crippen LogP contribution in [0.3, 0.4) is 0 Å². The van der Waals surface area contributed by atoms with Crippen LogP contribution in [0.2, 0.25) is 0 Å². The van der Waals surface area contributed by atoms with E-state index in [0.29, 0.717) is 13.1 Å². The lowest BCUT2D eigenvalue weighted by molar-refractivity contribution is 0.206. The number of benzene rings is 2. The van der Waals surface area contributed by atoms with Crippen LogP contribution >= 0.6 is 0 Å². The Morgan fingerprint density at radius 1 is 1.00 bits per heavy atom. The number of rotatable bonds is 9. The maximum absolute atomic E-state index is 12.2. The minimum Gasteiger partial charge on any atom is -0.497 e. The molecule has 0 aliphatic rings. The van der Waals surface area contributed by atoms with Gasteiger partial charge in [-0.3, -0.25) is 4.90 Å². The lowest BCUT2D eigenvalue weighted by Crippen LogP contribution is -2.42. The standard InChI is InChI=1S/C21H29N3O2/c1-4-24(5-2)20(18-9-7-6-8-10-18)16-23-21(25)22-15-17-11-13-19(26-3)14-12-17/h6-14,20H,4-5,15-16H2,1-3H3,(H2,22,23,25). The number of amides is 2. The molecule has 1 atom stereocenters. The molecule has 5 heteroatoms. The molecular weight excluding hydrogens is 326 g/mol. The Kier molecular flexibility index (Phi) is 7.96. The molecule has 26 heavy (non-hydrogen) atoms. The van der Waals surface area contributed by atoms with Gasteiger partial charge in [-0.2, -0.15) is 0 Å². The monoisotopic (exact) mass is 355 g/mol. The number of ether oxygens (including phenoxy) is 1. The van der Waals surface area contributed by atoms with E-state index in [2.05, 4.69) is 41.5 Å². The number of carbonyl (C=O) groups excluding carboxylic acids is 1. The van der Waals surface area contributed by atoms with Gasteiger partial charge in [0.15, 0.2) is 0 Å². The number of hydrogen-bond acceptors (Lipinski definition) is 3. The van der Waals surface area contributed by atoms with E-state index >= 15 is 0 Å². The van der Waals surface area contributed by atoms with E-state index in [0.717, 1.165) is 24.4 Å². The van der Waals surface area contributed by atoms with Crippen molar-refractivity contribution in [2.24, 2.45) is 0 Å². The van der Waals surface area contributed by atoms with Crippen molar-refractivity contribution in [1.82, 2.24) is 15.5 Å². The van der Waals surface area contributed by atoms with Crippen LogP contribution < -0.4 is 15.4 Å². The summed E-state index contributed by atoms with van der Waals surface area (Å²) in [5, 5.41) is 5.92. The molecule has 0 saturated carbocycles. The maximum Gasteiger partial charge on any atom is 0.315 e. The van der Waals surface area contributed by atoms with Gasteiger partial charge in [0.25, 0.3) is 0 Å². The highest BCUT2D eigenvalue weighted by atomic mass is 16.5. The molecular formula is C21H29N3O2. The van der Waals surface area contributed by atoms with Crippen molar-refractivity contribution >= 4 is 6.03 Å². The molecule has 2 amide bonds. The molecule has 0 aromatic heterocycles. The number of hydrogen-bond donors (Lipinski definition) is 2. The summed E-state index contributed by atoms with van der Waals surface area (Å²) in [6.07, 6.45) is 0. The van der Waals surface area contributed by atoms with Gasteiger partial charge in [0.1, 0.15) is 5.75 Å². The van der Waals surface area contributed by atoms with Crippen molar-refractivity contribution in [2.75, 3.05) is 26.7 Å². The van der Waals surface area contributed by atoms with E-state index in [1.165, 1.54) is 5.56 Å². The molecule has 0 heterocycles. The molecule has 0 aliphatic heterocycles. The van der Waals surface area contributed by atoms with Gasteiger partial charge < -0.3 is 15.4 Å². The molecule has 1 unspecified atom stereocenters. The zero-order chi connectivity index (χ0) is 18.8. The minimum absolute atomic E-state index is 0.158. The van der Waals surface area contributed by atoms with Gasteiger partial charge in [-0.25, -0.2) is 4.79 Å². The Bertz CT molecular complexity index is 655. The van der Waals surface area contributed by atoms with Crippen LogP contribution in [0.5, 0.6) is 5.75 Å². The largest absolute Gasteiger partial charge is 0.497 e. The van der Waals surface area contributed by atoms with Gasteiger partial charge in [-0.1, -0.05) is 56.3 Å². The molecule has 0 aliphatic carbocycles. The summed E-state index contributed by atoms with van der Waals surface area (Å²) in [4.78, 5) is 14.6. The van der Waals surface area contributed by atoms with Gasteiger partial charge in [0.05, 0.1) is 13.2 Å². The fraction of sp³-hybridized carbons (Fsp3) is 0.381. The highest BCUT2D eigenvalue weighted by Gasteiger charge is 2.18. The number of urea groups is 1. The second kappa shape index (κ2) is 10.5. The minimum atomic E-state index is -0.158. The van der Waals surface area contributed by atoms with Crippen LogP contribution in [0.1, 0.15) is 31.0 Å². The normalized spacial score (nSPS) is 11.8. The number of nitrogens with one attached hydrogen (secondary N) is 2. The van der Waals surface area contributed by atoms with Crippen LogP contribution in [-0.4, -0.2) is 37.7 Å². The third kappa shape index (κ3) is 5.77. The molecule has 2 rings (SSSR count). The molecule has 0 fully saturated rings. The molecule has 5 nitrogen and oxygen atoms in total. The first kappa shape index (κ1) is 19.8. The van der Waals surface area contributed by atoms with Crippen LogP contribution in [0.25, 0.3) is 0 Å². The second-order valence-corrected chi connectivity index (χ2v) is 6.06. The van der Waals surface area contributed by atoms with E-state index in [-0.39, 0.29) is 12.1 Å². The van der Waals surface area contributed by atoms with Gasteiger partial charge in [0, 0.05) is 13.1 Å². The molecule has 0 saturated heterocycles. The lowest BCUT2D eigenvalue weighted by atomic mass is 10.1. The summed E-state index contributed by atoms with van der Waals surface area (Å²) in [6.45, 7) is 7.21. The van der Waals surface area contributed by atoms with Crippen LogP contribution in [0.15, 0.2) is 54.6 Å². The van der Waals surface area contributed by atoms with Gasteiger partial charge >= 0.3 is 6.03 Å². The first-order chi connectivity index (χ1) is 12.7. The summed E-state index contributed by atoms with van der Waals surface area (Å²) < 4.78 is 5.14. The number of methoxy groups -OCH3 is 1. The summed E-state index contributed by atoms with van der Waals surface area (Å²) in [6, 6.07) is 18.0. The predicted octanol–water partition coefficient (Wildman–Crippen LogP) is 3.58.